The van der Waals surface area contributed by atoms with Crippen LogP contribution < -0.4 is 4.74 Å². The fraction of sp³-hybridized carbons (Fsp3) is 0.245. The molecular formula is C49H54O4S. The molecule has 0 amide bonds. The van der Waals surface area contributed by atoms with Gasteiger partial charge in [-0.1, -0.05) is 48.5 Å². The maximum absolute atomic E-state index is 12.6. The molecule has 280 valence electrons. The van der Waals surface area contributed by atoms with E-state index in [-0.39, 0.29) is 5.78 Å². The number of ketones is 1. The molecule has 54 heavy (non-hydrogen) atoms. The van der Waals surface area contributed by atoms with Crippen molar-refractivity contribution in [1.82, 2.24) is 0 Å². The van der Waals surface area contributed by atoms with Crippen molar-refractivity contribution < 1.29 is 17.9 Å². The van der Waals surface area contributed by atoms with Crippen LogP contribution in [0.5, 0.6) is 11.5 Å². The third-order valence-electron chi connectivity index (χ3n) is 10.3. The molecule has 0 heterocycles. The topological polar surface area (TPSA) is 60.4 Å². The van der Waals surface area contributed by atoms with Gasteiger partial charge in [0.15, 0.2) is 5.78 Å². The molecule has 0 unspecified atom stereocenters. The second kappa shape index (κ2) is 17.7. The van der Waals surface area contributed by atoms with Crippen molar-refractivity contribution in [3.63, 3.8) is 0 Å². The van der Waals surface area contributed by atoms with Gasteiger partial charge in [0.1, 0.15) is 11.5 Å². The third-order valence-corrected chi connectivity index (χ3v) is 12.1. The summed E-state index contributed by atoms with van der Waals surface area (Å²) in [5.41, 5.74) is 15.5. The normalized spacial score (nSPS) is 10.8. The highest BCUT2D eigenvalue weighted by molar-refractivity contribution is 7.91. The Kier molecular flexibility index (Phi) is 13.6. The van der Waals surface area contributed by atoms with Gasteiger partial charge < -0.3 is 4.74 Å². The predicted molar refractivity (Wildman–Crippen MR) is 224 cm³/mol. The van der Waals surface area contributed by atoms with Gasteiger partial charge in [-0.2, -0.15) is 0 Å². The highest BCUT2D eigenvalue weighted by atomic mass is 32.2. The number of rotatable bonds is 6. The summed E-state index contributed by atoms with van der Waals surface area (Å²) in [4.78, 5) is 13.1. The smallest absolute Gasteiger partial charge is 0.206 e. The Labute approximate surface area is 323 Å². The molecule has 6 aromatic carbocycles. The number of benzene rings is 6. The van der Waals surface area contributed by atoms with Crippen molar-refractivity contribution in [2.75, 3.05) is 0 Å². The van der Waals surface area contributed by atoms with Crippen LogP contribution in [-0.4, -0.2) is 14.2 Å². The van der Waals surface area contributed by atoms with Crippen LogP contribution in [0.2, 0.25) is 0 Å². The zero-order valence-electron chi connectivity index (χ0n) is 33.9. The zero-order chi connectivity index (χ0) is 39.9. The van der Waals surface area contributed by atoms with Crippen LogP contribution in [0, 0.1) is 83.1 Å². The van der Waals surface area contributed by atoms with Crippen LogP contribution >= 0.6 is 0 Å². The number of aryl methyl sites for hydroxylation is 12. The van der Waals surface area contributed by atoms with Crippen LogP contribution in [0.1, 0.15) is 82.7 Å². The molecule has 0 aliphatic heterocycles. The van der Waals surface area contributed by atoms with E-state index >= 15 is 0 Å². The van der Waals surface area contributed by atoms with E-state index in [9.17, 15) is 13.2 Å². The lowest BCUT2D eigenvalue weighted by Gasteiger charge is -2.09. The van der Waals surface area contributed by atoms with Crippen LogP contribution in [0.25, 0.3) is 0 Å². The van der Waals surface area contributed by atoms with Crippen molar-refractivity contribution in [2.24, 2.45) is 0 Å². The summed E-state index contributed by atoms with van der Waals surface area (Å²) < 4.78 is 31.0. The quantitative estimate of drug-likeness (QED) is 0.160. The SMILES string of the molecule is Cc1ccc(C(=O)c2ccc(C)c(C)c2)cc1C.Cc1ccc(Oc2ccc(C)c(C)c2)cc1C.Cc1ccc(S(=O)(=O)c2ccc(C)c(C)c2)cc1C. The molecule has 0 radical (unpaired) electrons. The first-order valence-electron chi connectivity index (χ1n) is 18.3. The Balaban J connectivity index is 0.000000181. The standard InChI is InChI=1S/C17H18O.C16H18O2S.C16H18O/c1-11-5-7-15(9-13(11)3)17(18)16-8-6-12(2)14(4)10-16;1-11-5-7-15(9-13(11)3)19(17,18)16-8-6-12(2)14(4)10-16;1-11-5-7-15(9-13(11)3)17-16-8-6-12(2)14(4)10-16/h5-10H,1-4H3;5-10H,1-4H3;5-10H,1-4H3. The van der Waals surface area contributed by atoms with E-state index in [1.807, 2.05) is 102 Å². The lowest BCUT2D eigenvalue weighted by molar-refractivity contribution is 0.103. The van der Waals surface area contributed by atoms with Crippen molar-refractivity contribution in [3.05, 3.63) is 187 Å². The van der Waals surface area contributed by atoms with Gasteiger partial charge in [-0.05, 0) is 211 Å². The lowest BCUT2D eigenvalue weighted by atomic mass is 9.97. The largest absolute Gasteiger partial charge is 0.457 e. The molecule has 0 spiro atoms. The monoisotopic (exact) mass is 738 g/mol. The van der Waals surface area contributed by atoms with Crippen LogP contribution in [0.3, 0.4) is 0 Å². The number of hydrogen-bond acceptors (Lipinski definition) is 4. The van der Waals surface area contributed by atoms with E-state index in [0.717, 1.165) is 56.0 Å². The molecule has 0 saturated carbocycles. The molecule has 0 atom stereocenters. The number of carbonyl (C=O) groups excluding carboxylic acids is 1. The van der Waals surface area contributed by atoms with Gasteiger partial charge in [0.25, 0.3) is 0 Å². The zero-order valence-corrected chi connectivity index (χ0v) is 34.8. The Bertz CT molecular complexity index is 2260. The van der Waals surface area contributed by atoms with Gasteiger partial charge >= 0.3 is 0 Å². The van der Waals surface area contributed by atoms with Gasteiger partial charge in [-0.3, -0.25) is 4.79 Å². The summed E-state index contributed by atoms with van der Waals surface area (Å²) in [6.07, 6.45) is 0. The van der Waals surface area contributed by atoms with Crippen molar-refractivity contribution in [2.45, 2.75) is 92.9 Å². The lowest BCUT2D eigenvalue weighted by Crippen LogP contribution is -2.03. The fourth-order valence-electron chi connectivity index (χ4n) is 5.52. The van der Waals surface area contributed by atoms with Crippen LogP contribution in [-0.2, 0) is 9.84 Å². The highest BCUT2D eigenvalue weighted by Crippen LogP contribution is 2.26. The summed E-state index contributed by atoms with van der Waals surface area (Å²) in [6, 6.07) is 34.6. The maximum atomic E-state index is 12.6. The average molecular weight is 739 g/mol. The fourth-order valence-corrected chi connectivity index (χ4v) is 6.95. The summed E-state index contributed by atoms with van der Waals surface area (Å²) in [6.45, 7) is 24.4. The molecule has 0 saturated heterocycles. The first-order chi connectivity index (χ1) is 25.4. The third kappa shape index (κ3) is 10.4. The minimum atomic E-state index is -3.42. The van der Waals surface area contributed by atoms with Gasteiger partial charge in [0.05, 0.1) is 9.79 Å². The number of sulfone groups is 1. The molecule has 0 bridgehead atoms. The van der Waals surface area contributed by atoms with E-state index < -0.39 is 9.84 Å². The molecule has 4 nitrogen and oxygen atoms in total. The van der Waals surface area contributed by atoms with Gasteiger partial charge in [-0.15, -0.1) is 0 Å². The molecule has 5 heteroatoms. The summed E-state index contributed by atoms with van der Waals surface area (Å²) in [5.74, 6) is 1.90. The van der Waals surface area contributed by atoms with Gasteiger partial charge in [-0.25, -0.2) is 8.42 Å². The minimum Gasteiger partial charge on any atom is -0.457 e. The maximum Gasteiger partial charge on any atom is 0.206 e. The first kappa shape index (κ1) is 41.5. The summed E-state index contributed by atoms with van der Waals surface area (Å²) in [5, 5.41) is 0. The van der Waals surface area contributed by atoms with E-state index in [0.29, 0.717) is 9.79 Å². The highest BCUT2D eigenvalue weighted by Gasteiger charge is 2.18. The molecule has 6 aromatic rings. The van der Waals surface area contributed by atoms with E-state index in [1.54, 1.807) is 24.3 Å². The minimum absolute atomic E-state index is 0.0983. The van der Waals surface area contributed by atoms with Crippen LogP contribution in [0.15, 0.2) is 119 Å². The molecule has 0 aliphatic rings. The Morgan fingerprint density at radius 3 is 0.926 bits per heavy atom. The van der Waals surface area contributed by atoms with Crippen LogP contribution in [0.4, 0.5) is 0 Å². The number of ether oxygens (including phenoxy) is 1. The van der Waals surface area contributed by atoms with Gasteiger partial charge in [0, 0.05) is 11.1 Å². The Morgan fingerprint density at radius 1 is 0.352 bits per heavy atom. The summed E-state index contributed by atoms with van der Waals surface area (Å²) >= 11 is 0. The Hall–Kier alpha value is -5.26. The van der Waals surface area contributed by atoms with Crippen molar-refractivity contribution in [1.29, 1.82) is 0 Å². The molecule has 0 aromatic heterocycles. The number of hydrogen-bond donors (Lipinski definition) is 0. The second-order valence-corrected chi connectivity index (χ2v) is 16.5. The average Bonchev–Trinajstić information content (AvgIpc) is 3.13. The predicted octanol–water partition coefficient (Wildman–Crippen LogP) is 12.6. The first-order valence-corrected chi connectivity index (χ1v) is 19.8. The molecular weight excluding hydrogens is 685 g/mol. The second-order valence-electron chi connectivity index (χ2n) is 14.5. The molecule has 0 fully saturated rings. The van der Waals surface area contributed by atoms with E-state index in [4.69, 9.17) is 4.74 Å². The van der Waals surface area contributed by atoms with Gasteiger partial charge in [0.2, 0.25) is 9.84 Å². The molecule has 0 N–H and O–H groups in total. The van der Waals surface area contributed by atoms with E-state index in [2.05, 4.69) is 65.8 Å². The molecule has 0 aliphatic carbocycles. The van der Waals surface area contributed by atoms with Crippen molar-refractivity contribution >= 4 is 15.6 Å². The summed E-state index contributed by atoms with van der Waals surface area (Å²) in [7, 11) is -3.42. The number of carbonyl (C=O) groups is 1. The molecule has 6 rings (SSSR count). The van der Waals surface area contributed by atoms with E-state index in [1.165, 1.54) is 33.4 Å². The van der Waals surface area contributed by atoms with Crippen molar-refractivity contribution in [3.8, 4) is 11.5 Å². The Morgan fingerprint density at radius 2 is 0.630 bits per heavy atom.